The molecule has 4 nitrogen and oxygen atoms in total. The zero-order chi connectivity index (χ0) is 15.9. The highest BCUT2D eigenvalue weighted by Crippen LogP contribution is 2.09. The van der Waals surface area contributed by atoms with Gasteiger partial charge in [0.05, 0.1) is 12.7 Å². The van der Waals surface area contributed by atoms with Crippen LogP contribution in [0.5, 0.6) is 0 Å². The van der Waals surface area contributed by atoms with Crippen molar-refractivity contribution in [2.45, 2.75) is 32.3 Å². The summed E-state index contributed by atoms with van der Waals surface area (Å²) in [6.45, 7) is 5.46. The molecule has 1 unspecified atom stereocenters. The number of aryl methyl sites for hydroxylation is 2. The maximum atomic E-state index is 12.3. The van der Waals surface area contributed by atoms with E-state index in [1.807, 2.05) is 11.9 Å². The van der Waals surface area contributed by atoms with E-state index in [0.717, 1.165) is 32.5 Å². The Morgan fingerprint density at radius 3 is 2.64 bits per heavy atom. The zero-order valence-electron chi connectivity index (χ0n) is 14.0. The van der Waals surface area contributed by atoms with Gasteiger partial charge < -0.3 is 14.5 Å². The monoisotopic (exact) mass is 304 g/mol. The van der Waals surface area contributed by atoms with Crippen molar-refractivity contribution in [1.29, 1.82) is 0 Å². The second-order valence-electron chi connectivity index (χ2n) is 6.20. The predicted molar refractivity (Wildman–Crippen MR) is 89.0 cm³/mol. The molecule has 4 heteroatoms. The van der Waals surface area contributed by atoms with Gasteiger partial charge in [-0.15, -0.1) is 0 Å². The van der Waals surface area contributed by atoms with Crippen LogP contribution in [0.2, 0.25) is 0 Å². The van der Waals surface area contributed by atoms with E-state index in [-0.39, 0.29) is 12.0 Å². The van der Waals surface area contributed by atoms with E-state index in [1.54, 1.807) is 0 Å². The Morgan fingerprint density at radius 1 is 1.32 bits per heavy atom. The minimum absolute atomic E-state index is 0.136. The van der Waals surface area contributed by atoms with E-state index in [1.165, 1.54) is 11.1 Å². The summed E-state index contributed by atoms with van der Waals surface area (Å²) in [4.78, 5) is 16.3. The Bertz CT molecular complexity index is 472. The lowest BCUT2D eigenvalue weighted by atomic mass is 10.1. The predicted octanol–water partition coefficient (Wildman–Crippen LogP) is 1.97. The lowest BCUT2D eigenvalue weighted by Crippen LogP contribution is -2.46. The van der Waals surface area contributed by atoms with Crippen LogP contribution in [0.25, 0.3) is 0 Å². The molecule has 1 aliphatic heterocycles. The molecule has 1 saturated heterocycles. The first kappa shape index (κ1) is 17.0. The Morgan fingerprint density at radius 2 is 2.00 bits per heavy atom. The van der Waals surface area contributed by atoms with E-state index in [4.69, 9.17) is 4.74 Å². The third-order valence-electron chi connectivity index (χ3n) is 4.30. The lowest BCUT2D eigenvalue weighted by Gasteiger charge is -2.32. The van der Waals surface area contributed by atoms with Gasteiger partial charge in [0.1, 0.15) is 0 Å². The van der Waals surface area contributed by atoms with Crippen molar-refractivity contribution in [2.75, 3.05) is 40.3 Å². The van der Waals surface area contributed by atoms with Crippen molar-refractivity contribution in [3.8, 4) is 0 Å². The van der Waals surface area contributed by atoms with Crippen LogP contribution in [0.3, 0.4) is 0 Å². The first-order valence-corrected chi connectivity index (χ1v) is 8.20. The lowest BCUT2D eigenvalue weighted by molar-refractivity contribution is -0.132. The number of nitrogens with zero attached hydrogens (tertiary/aromatic N) is 2. The van der Waals surface area contributed by atoms with Crippen LogP contribution in [-0.2, 0) is 22.4 Å². The van der Waals surface area contributed by atoms with Crippen LogP contribution in [0.15, 0.2) is 24.3 Å². The minimum Gasteiger partial charge on any atom is -0.374 e. The number of morpholine rings is 1. The third-order valence-corrected chi connectivity index (χ3v) is 4.30. The Hall–Kier alpha value is -1.39. The molecule has 0 N–H and O–H groups in total. The first-order valence-electron chi connectivity index (χ1n) is 8.20. The fourth-order valence-corrected chi connectivity index (χ4v) is 2.77. The summed E-state index contributed by atoms with van der Waals surface area (Å²) >= 11 is 0. The molecule has 1 aromatic rings. The highest BCUT2D eigenvalue weighted by atomic mass is 16.5. The number of hydrogen-bond acceptors (Lipinski definition) is 3. The van der Waals surface area contributed by atoms with Crippen LogP contribution >= 0.6 is 0 Å². The summed E-state index contributed by atoms with van der Waals surface area (Å²) < 4.78 is 5.72. The van der Waals surface area contributed by atoms with Crippen molar-refractivity contribution >= 4 is 5.91 Å². The molecule has 1 amide bonds. The molecule has 0 radical (unpaired) electrons. The topological polar surface area (TPSA) is 32.8 Å². The Kier molecular flexibility index (Phi) is 6.40. The average molecular weight is 304 g/mol. The number of likely N-dealkylation sites (N-methyl/N-ethyl adjacent to an activating group) is 2. The number of carbonyl (C=O) groups is 1. The molecule has 1 aromatic carbocycles. The Labute approximate surface area is 134 Å². The molecule has 122 valence electrons. The summed E-state index contributed by atoms with van der Waals surface area (Å²) in [7, 11) is 3.97. The fraction of sp³-hybridized carbons (Fsp3) is 0.611. The van der Waals surface area contributed by atoms with Crippen LogP contribution in [-0.4, -0.2) is 62.1 Å². The number of ether oxygens (including phenoxy) is 1. The minimum atomic E-state index is 0.136. The molecule has 22 heavy (non-hydrogen) atoms. The van der Waals surface area contributed by atoms with Crippen LogP contribution in [0.1, 0.15) is 24.5 Å². The van der Waals surface area contributed by atoms with Gasteiger partial charge in [-0.05, 0) is 31.0 Å². The molecule has 0 aromatic heterocycles. The van der Waals surface area contributed by atoms with Gasteiger partial charge in [0.2, 0.25) is 5.91 Å². The van der Waals surface area contributed by atoms with Gasteiger partial charge in [-0.25, -0.2) is 0 Å². The molecule has 0 aliphatic carbocycles. The highest BCUT2D eigenvalue weighted by molar-refractivity contribution is 5.76. The molecule has 2 rings (SSSR count). The van der Waals surface area contributed by atoms with Crippen molar-refractivity contribution in [2.24, 2.45) is 0 Å². The van der Waals surface area contributed by atoms with Crippen LogP contribution < -0.4 is 0 Å². The van der Waals surface area contributed by atoms with Crippen LogP contribution in [0.4, 0.5) is 0 Å². The van der Waals surface area contributed by atoms with E-state index in [9.17, 15) is 4.79 Å². The second kappa shape index (κ2) is 8.30. The van der Waals surface area contributed by atoms with Crippen molar-refractivity contribution in [1.82, 2.24) is 9.80 Å². The molecule has 1 heterocycles. The average Bonchev–Trinajstić information content (AvgIpc) is 2.53. The van der Waals surface area contributed by atoms with Gasteiger partial charge in [0.25, 0.3) is 0 Å². The highest BCUT2D eigenvalue weighted by Gasteiger charge is 2.21. The van der Waals surface area contributed by atoms with Gasteiger partial charge in [-0.3, -0.25) is 4.79 Å². The molecule has 0 bridgehead atoms. The molecule has 1 fully saturated rings. The van der Waals surface area contributed by atoms with E-state index in [0.29, 0.717) is 13.0 Å². The summed E-state index contributed by atoms with van der Waals surface area (Å²) in [5.74, 6) is 0.191. The largest absolute Gasteiger partial charge is 0.374 e. The van der Waals surface area contributed by atoms with Gasteiger partial charge in [-0.2, -0.15) is 0 Å². The zero-order valence-corrected chi connectivity index (χ0v) is 14.0. The Balaban J connectivity index is 1.75. The van der Waals surface area contributed by atoms with Crippen molar-refractivity contribution < 1.29 is 9.53 Å². The molecule has 1 atom stereocenters. The first-order chi connectivity index (χ1) is 10.6. The second-order valence-corrected chi connectivity index (χ2v) is 6.20. The summed E-state index contributed by atoms with van der Waals surface area (Å²) in [5.41, 5.74) is 2.57. The quantitative estimate of drug-likeness (QED) is 0.805. The van der Waals surface area contributed by atoms with Gasteiger partial charge >= 0.3 is 0 Å². The van der Waals surface area contributed by atoms with E-state index in [2.05, 4.69) is 43.1 Å². The van der Waals surface area contributed by atoms with Gasteiger partial charge in [0.15, 0.2) is 0 Å². The summed E-state index contributed by atoms with van der Waals surface area (Å²) in [6, 6.07) is 8.56. The number of hydrogen-bond donors (Lipinski definition) is 0. The maximum Gasteiger partial charge on any atom is 0.222 e. The number of amides is 1. The molecule has 1 aliphatic rings. The molecular weight excluding hydrogens is 276 g/mol. The number of rotatable bonds is 6. The maximum absolute atomic E-state index is 12.3. The molecular formula is C18H28N2O2. The number of carbonyl (C=O) groups excluding carboxylic acids is 1. The standard InChI is InChI=1S/C18H28N2O2/c1-4-15-5-7-16(8-6-15)9-10-18(21)20(3)14-17-13-19(2)11-12-22-17/h5-8,17H,4,9-14H2,1-3H3. The third kappa shape index (κ3) is 5.11. The van der Waals surface area contributed by atoms with Crippen molar-refractivity contribution in [3.63, 3.8) is 0 Å². The fourth-order valence-electron chi connectivity index (χ4n) is 2.77. The molecule has 0 saturated carbocycles. The summed E-state index contributed by atoms with van der Waals surface area (Å²) in [5, 5.41) is 0. The molecule has 0 spiro atoms. The van der Waals surface area contributed by atoms with E-state index < -0.39 is 0 Å². The van der Waals surface area contributed by atoms with Crippen molar-refractivity contribution in [3.05, 3.63) is 35.4 Å². The summed E-state index contributed by atoms with van der Waals surface area (Å²) in [6.07, 6.45) is 2.55. The number of benzene rings is 1. The van der Waals surface area contributed by atoms with E-state index >= 15 is 0 Å². The smallest absolute Gasteiger partial charge is 0.222 e. The van der Waals surface area contributed by atoms with Crippen LogP contribution in [0, 0.1) is 0 Å². The SMILES string of the molecule is CCc1ccc(CCC(=O)N(C)CC2CN(C)CCO2)cc1. The van der Waals surface area contributed by atoms with Gasteiger partial charge in [0, 0.05) is 33.1 Å². The normalized spacial score (nSPS) is 19.1. The van der Waals surface area contributed by atoms with Gasteiger partial charge in [-0.1, -0.05) is 31.2 Å².